The van der Waals surface area contributed by atoms with Crippen molar-refractivity contribution in [3.63, 3.8) is 0 Å². The van der Waals surface area contributed by atoms with Crippen molar-refractivity contribution in [2.75, 3.05) is 38.0 Å². The minimum absolute atomic E-state index is 0.306. The zero-order valence-corrected chi connectivity index (χ0v) is 22.0. The second kappa shape index (κ2) is 11.1. The van der Waals surface area contributed by atoms with Gasteiger partial charge >= 0.3 is 0 Å². The van der Waals surface area contributed by atoms with Crippen LogP contribution in [-0.2, 0) is 16.1 Å². The van der Waals surface area contributed by atoms with Crippen LogP contribution in [0.15, 0.2) is 66.5 Å². The van der Waals surface area contributed by atoms with Gasteiger partial charge in [-0.3, -0.25) is 14.9 Å². The summed E-state index contributed by atoms with van der Waals surface area (Å²) in [7, 11) is 0. The van der Waals surface area contributed by atoms with Crippen LogP contribution in [0, 0.1) is 0 Å². The maximum Gasteiger partial charge on any atom is 0.275 e. The maximum absolute atomic E-state index is 13.0. The van der Waals surface area contributed by atoms with E-state index in [0.717, 1.165) is 47.7 Å². The number of rotatable bonds is 8. The predicted octanol–water partition coefficient (Wildman–Crippen LogP) is 4.46. The summed E-state index contributed by atoms with van der Waals surface area (Å²) >= 11 is 0. The topological polar surface area (TPSA) is 69.6 Å². The predicted molar refractivity (Wildman–Crippen MR) is 152 cm³/mol. The van der Waals surface area contributed by atoms with Crippen LogP contribution >= 0.6 is 0 Å². The SMILES string of the molecule is O=C1NC(=O)C(c2cn(CCCN3CCC(N4CCCCC4)CC3)c3ccccc23)=C1Nc1ccccc1. The fourth-order valence-corrected chi connectivity index (χ4v) is 6.38. The summed E-state index contributed by atoms with van der Waals surface area (Å²) in [6, 6.07) is 18.4. The number of imide groups is 1. The molecule has 0 spiro atoms. The van der Waals surface area contributed by atoms with Gasteiger partial charge in [-0.2, -0.15) is 0 Å². The van der Waals surface area contributed by atoms with Crippen molar-refractivity contribution in [3.05, 3.63) is 72.1 Å². The zero-order chi connectivity index (χ0) is 25.9. The number of aromatic nitrogens is 1. The highest BCUT2D eigenvalue weighted by molar-refractivity contribution is 6.38. The van der Waals surface area contributed by atoms with E-state index in [2.05, 4.69) is 31.1 Å². The molecule has 2 amide bonds. The van der Waals surface area contributed by atoms with E-state index < -0.39 is 5.91 Å². The third-order valence-corrected chi connectivity index (χ3v) is 8.37. The normalized spacial score (nSPS) is 19.9. The Morgan fingerprint density at radius 3 is 2.34 bits per heavy atom. The number of amides is 2. The number of hydrogen-bond donors (Lipinski definition) is 2. The summed E-state index contributed by atoms with van der Waals surface area (Å²) in [5.41, 5.74) is 3.38. The zero-order valence-electron chi connectivity index (χ0n) is 22.0. The molecule has 0 bridgehead atoms. The fourth-order valence-electron chi connectivity index (χ4n) is 6.38. The lowest BCUT2D eigenvalue weighted by Gasteiger charge is -2.40. The number of aryl methyl sites for hydroxylation is 1. The average Bonchev–Trinajstić information content (AvgIpc) is 3.45. The summed E-state index contributed by atoms with van der Waals surface area (Å²) in [5, 5.41) is 6.66. The molecule has 3 aromatic rings. The summed E-state index contributed by atoms with van der Waals surface area (Å²) < 4.78 is 2.24. The third-order valence-electron chi connectivity index (χ3n) is 8.37. The van der Waals surface area contributed by atoms with Gasteiger partial charge in [-0.1, -0.05) is 42.8 Å². The molecule has 0 radical (unpaired) electrons. The molecule has 0 atom stereocenters. The van der Waals surface area contributed by atoms with Crippen LogP contribution in [0.3, 0.4) is 0 Å². The Morgan fingerprint density at radius 2 is 1.55 bits per heavy atom. The molecule has 2 fully saturated rings. The van der Waals surface area contributed by atoms with E-state index in [1.165, 1.54) is 58.3 Å². The van der Waals surface area contributed by atoms with Crippen LogP contribution in [0.4, 0.5) is 5.69 Å². The standard InChI is InChI=1S/C31H37N5O2/c37-30-28(29(31(38)33-30)32-23-10-3-1-4-11-23)26-22-36(27-13-6-5-12-25(26)27)19-9-16-34-20-14-24(15-21-34)35-17-7-2-8-18-35/h1,3-6,10-13,22,24H,2,7-9,14-21H2,(H2,32,33,37,38). The number of hydrogen-bond acceptors (Lipinski definition) is 5. The first kappa shape index (κ1) is 24.9. The summed E-state index contributed by atoms with van der Waals surface area (Å²) in [6.45, 7) is 6.89. The van der Waals surface area contributed by atoms with Crippen molar-refractivity contribution < 1.29 is 9.59 Å². The van der Waals surface area contributed by atoms with Crippen molar-refractivity contribution in [2.24, 2.45) is 0 Å². The Hall–Kier alpha value is -3.42. The number of piperidine rings is 2. The van der Waals surface area contributed by atoms with Gasteiger partial charge in [-0.15, -0.1) is 0 Å². The van der Waals surface area contributed by atoms with Gasteiger partial charge in [0.25, 0.3) is 11.8 Å². The highest BCUT2D eigenvalue weighted by Gasteiger charge is 2.33. The lowest BCUT2D eigenvalue weighted by molar-refractivity contribution is -0.123. The first-order valence-electron chi connectivity index (χ1n) is 14.1. The molecule has 2 saturated heterocycles. The van der Waals surface area contributed by atoms with Gasteiger partial charge in [0, 0.05) is 40.9 Å². The van der Waals surface area contributed by atoms with Gasteiger partial charge in [0.15, 0.2) is 0 Å². The molecule has 3 aliphatic heterocycles. The van der Waals surface area contributed by atoms with Gasteiger partial charge in [-0.25, -0.2) is 0 Å². The van der Waals surface area contributed by atoms with Crippen LogP contribution < -0.4 is 10.6 Å². The highest BCUT2D eigenvalue weighted by Crippen LogP contribution is 2.33. The number of para-hydroxylation sites is 2. The first-order valence-corrected chi connectivity index (χ1v) is 14.1. The molecule has 0 aliphatic carbocycles. The quantitative estimate of drug-likeness (QED) is 0.437. The van der Waals surface area contributed by atoms with Crippen LogP contribution in [0.25, 0.3) is 16.5 Å². The molecule has 0 saturated carbocycles. The Labute approximate surface area is 224 Å². The van der Waals surface area contributed by atoms with Crippen molar-refractivity contribution in [3.8, 4) is 0 Å². The Bertz CT molecular complexity index is 1330. The molecular formula is C31H37N5O2. The Kier molecular flexibility index (Phi) is 7.29. The summed E-state index contributed by atoms with van der Waals surface area (Å²) in [4.78, 5) is 31.0. The number of benzene rings is 2. The molecule has 0 unspecified atom stereocenters. The molecule has 4 heterocycles. The molecule has 1 aromatic heterocycles. The van der Waals surface area contributed by atoms with Gasteiger partial charge in [0.2, 0.25) is 0 Å². The fraction of sp³-hybridized carbons (Fsp3) is 0.419. The second-order valence-electron chi connectivity index (χ2n) is 10.8. The van der Waals surface area contributed by atoms with Crippen molar-refractivity contribution >= 4 is 34.0 Å². The van der Waals surface area contributed by atoms with Crippen LogP contribution in [0.2, 0.25) is 0 Å². The maximum atomic E-state index is 13.0. The minimum Gasteiger partial charge on any atom is -0.350 e. The van der Waals surface area contributed by atoms with E-state index in [0.29, 0.717) is 11.3 Å². The van der Waals surface area contributed by atoms with E-state index in [-0.39, 0.29) is 5.91 Å². The molecular weight excluding hydrogens is 474 g/mol. The largest absolute Gasteiger partial charge is 0.350 e. The lowest BCUT2D eigenvalue weighted by atomic mass is 10.00. The van der Waals surface area contributed by atoms with E-state index in [1.54, 1.807) is 0 Å². The second-order valence-corrected chi connectivity index (χ2v) is 10.8. The van der Waals surface area contributed by atoms with Gasteiger partial charge in [-0.05, 0) is 83.0 Å². The highest BCUT2D eigenvalue weighted by atomic mass is 16.2. The van der Waals surface area contributed by atoms with Crippen molar-refractivity contribution in [1.82, 2.24) is 19.7 Å². The summed E-state index contributed by atoms with van der Waals surface area (Å²) in [5.74, 6) is -0.744. The first-order chi connectivity index (χ1) is 18.7. The Morgan fingerprint density at radius 1 is 0.816 bits per heavy atom. The number of fused-ring (bicyclic) bond motifs is 1. The molecule has 6 rings (SSSR count). The van der Waals surface area contributed by atoms with Crippen LogP contribution in [-0.4, -0.2) is 64.9 Å². The third kappa shape index (κ3) is 5.13. The molecule has 7 heteroatoms. The minimum atomic E-state index is -0.390. The van der Waals surface area contributed by atoms with E-state index >= 15 is 0 Å². The molecule has 38 heavy (non-hydrogen) atoms. The number of anilines is 1. The number of likely N-dealkylation sites (tertiary alicyclic amines) is 2. The van der Waals surface area contributed by atoms with Gasteiger partial charge in [0.05, 0.1) is 5.57 Å². The molecule has 7 nitrogen and oxygen atoms in total. The van der Waals surface area contributed by atoms with Gasteiger partial charge in [0.1, 0.15) is 5.70 Å². The number of nitrogens with zero attached hydrogens (tertiary/aromatic N) is 3. The molecule has 198 valence electrons. The lowest BCUT2D eigenvalue weighted by Crippen LogP contribution is -2.46. The molecule has 2 aromatic carbocycles. The smallest absolute Gasteiger partial charge is 0.275 e. The number of carbonyl (C=O) groups excluding carboxylic acids is 2. The van der Waals surface area contributed by atoms with E-state index in [4.69, 9.17) is 0 Å². The van der Waals surface area contributed by atoms with E-state index in [1.807, 2.05) is 54.7 Å². The molecule has 2 N–H and O–H groups in total. The van der Waals surface area contributed by atoms with E-state index in [9.17, 15) is 9.59 Å². The Balaban J connectivity index is 1.16. The summed E-state index contributed by atoms with van der Waals surface area (Å²) in [6.07, 6.45) is 9.79. The van der Waals surface area contributed by atoms with Crippen LogP contribution in [0.5, 0.6) is 0 Å². The van der Waals surface area contributed by atoms with Gasteiger partial charge < -0.3 is 19.7 Å². The van der Waals surface area contributed by atoms with Crippen molar-refractivity contribution in [1.29, 1.82) is 0 Å². The van der Waals surface area contributed by atoms with Crippen molar-refractivity contribution in [2.45, 2.75) is 51.1 Å². The molecule has 3 aliphatic rings. The number of carbonyl (C=O) groups is 2. The number of nitrogens with one attached hydrogen (secondary N) is 2. The van der Waals surface area contributed by atoms with Crippen LogP contribution in [0.1, 0.15) is 44.1 Å². The average molecular weight is 512 g/mol. The monoisotopic (exact) mass is 511 g/mol.